The molecule has 60 valence electrons. The van der Waals surface area contributed by atoms with Gasteiger partial charge in [0.2, 0.25) is 0 Å². The number of carbonyl (C=O) groups excluding carboxylic acids is 1. The van der Waals surface area contributed by atoms with Crippen molar-refractivity contribution in [2.75, 3.05) is 6.58 Å². The van der Waals surface area contributed by atoms with Gasteiger partial charge in [0.15, 0.2) is 0 Å². The summed E-state index contributed by atoms with van der Waals surface area (Å²) in [6.45, 7) is 2.72. The second-order valence-electron chi connectivity index (χ2n) is 2.18. The van der Waals surface area contributed by atoms with E-state index >= 15 is 0 Å². The van der Waals surface area contributed by atoms with E-state index in [9.17, 15) is 4.79 Å². The third kappa shape index (κ3) is 4.32. The highest BCUT2D eigenvalue weighted by Gasteiger charge is 2.06. The SMILES string of the molecule is [2H]C(CCC)OC(=O)[C@H](C)N. The molecule has 0 aromatic carbocycles. The van der Waals surface area contributed by atoms with E-state index in [0.717, 1.165) is 6.42 Å². The fourth-order valence-electron chi connectivity index (χ4n) is 0.366. The zero-order chi connectivity index (χ0) is 8.85. The maximum Gasteiger partial charge on any atom is 0.322 e. The molecule has 0 bridgehead atoms. The van der Waals surface area contributed by atoms with Crippen molar-refractivity contribution in [2.24, 2.45) is 5.73 Å². The van der Waals surface area contributed by atoms with Gasteiger partial charge in [-0.1, -0.05) is 13.3 Å². The summed E-state index contributed by atoms with van der Waals surface area (Å²) in [5.74, 6) is -0.501. The Morgan fingerprint density at radius 1 is 1.90 bits per heavy atom. The molecule has 0 aromatic rings. The number of hydrogen-bond acceptors (Lipinski definition) is 3. The summed E-state index contributed by atoms with van der Waals surface area (Å²) in [6, 6.07) is -0.625. The van der Waals surface area contributed by atoms with Crippen LogP contribution in [0.1, 0.15) is 28.1 Å². The van der Waals surface area contributed by atoms with E-state index in [-0.39, 0.29) is 0 Å². The Labute approximate surface area is 62.9 Å². The summed E-state index contributed by atoms with van der Waals surface area (Å²) >= 11 is 0. The van der Waals surface area contributed by atoms with Crippen LogP contribution in [0.2, 0.25) is 0 Å². The molecule has 0 aliphatic rings. The van der Waals surface area contributed by atoms with Crippen molar-refractivity contribution in [3.63, 3.8) is 0 Å². The molecule has 3 nitrogen and oxygen atoms in total. The van der Waals surface area contributed by atoms with Crippen LogP contribution in [-0.4, -0.2) is 18.6 Å². The lowest BCUT2D eigenvalue weighted by atomic mass is 10.3. The molecule has 0 aliphatic carbocycles. The summed E-state index contributed by atoms with van der Waals surface area (Å²) < 4.78 is 11.9. The summed E-state index contributed by atoms with van der Waals surface area (Å²) in [5, 5.41) is 0. The summed E-state index contributed by atoms with van der Waals surface area (Å²) in [4.78, 5) is 10.8. The summed E-state index contributed by atoms with van der Waals surface area (Å²) in [7, 11) is 0. The first-order valence-corrected chi connectivity index (χ1v) is 3.46. The largest absolute Gasteiger partial charge is 0.465 e. The number of ether oxygens (including phenoxy) is 1. The van der Waals surface area contributed by atoms with Crippen molar-refractivity contribution in [3.8, 4) is 0 Å². The molecule has 2 atom stereocenters. The van der Waals surface area contributed by atoms with Crippen LogP contribution in [0.3, 0.4) is 0 Å². The fraction of sp³-hybridized carbons (Fsp3) is 0.857. The number of esters is 1. The van der Waals surface area contributed by atoms with Crippen LogP contribution < -0.4 is 5.73 Å². The molecule has 0 aliphatic heterocycles. The Balaban J connectivity index is 3.57. The molecule has 10 heavy (non-hydrogen) atoms. The second kappa shape index (κ2) is 5.23. The summed E-state index contributed by atoms with van der Waals surface area (Å²) in [5.41, 5.74) is 5.22. The lowest BCUT2D eigenvalue weighted by Gasteiger charge is -2.04. The van der Waals surface area contributed by atoms with Crippen molar-refractivity contribution in [3.05, 3.63) is 0 Å². The first-order chi connectivity index (χ1) is 5.07. The van der Waals surface area contributed by atoms with E-state index in [4.69, 9.17) is 7.10 Å². The first-order valence-electron chi connectivity index (χ1n) is 4.04. The monoisotopic (exact) mass is 146 g/mol. The molecule has 1 unspecified atom stereocenters. The van der Waals surface area contributed by atoms with E-state index in [1.165, 1.54) is 0 Å². The van der Waals surface area contributed by atoms with Crippen molar-refractivity contribution < 1.29 is 10.9 Å². The maximum absolute atomic E-state index is 10.8. The van der Waals surface area contributed by atoms with Gasteiger partial charge in [0.1, 0.15) is 6.04 Å². The van der Waals surface area contributed by atoms with Crippen molar-refractivity contribution in [1.29, 1.82) is 0 Å². The summed E-state index contributed by atoms with van der Waals surface area (Å²) in [6.07, 6.45) is 1.40. The Bertz CT molecular complexity index is 128. The fourth-order valence-corrected chi connectivity index (χ4v) is 0.366. The molecule has 0 rings (SSSR count). The number of rotatable bonds is 4. The second-order valence-corrected chi connectivity index (χ2v) is 2.18. The Hall–Kier alpha value is -0.570. The van der Waals surface area contributed by atoms with Crippen LogP contribution in [-0.2, 0) is 9.53 Å². The molecule has 0 heterocycles. The van der Waals surface area contributed by atoms with Gasteiger partial charge in [0.05, 0.1) is 7.95 Å². The third-order valence-electron chi connectivity index (χ3n) is 0.978. The highest BCUT2D eigenvalue weighted by molar-refractivity contribution is 5.74. The van der Waals surface area contributed by atoms with E-state index in [1.54, 1.807) is 6.92 Å². The Kier molecular flexibility index (Phi) is 3.94. The molecule has 0 saturated carbocycles. The van der Waals surface area contributed by atoms with Gasteiger partial charge < -0.3 is 10.5 Å². The number of hydrogen-bond donors (Lipinski definition) is 1. The quantitative estimate of drug-likeness (QED) is 0.593. The molecule has 0 spiro atoms. The highest BCUT2D eigenvalue weighted by atomic mass is 16.5. The highest BCUT2D eigenvalue weighted by Crippen LogP contribution is 1.90. The van der Waals surface area contributed by atoms with Crippen molar-refractivity contribution in [2.45, 2.75) is 32.7 Å². The minimum atomic E-state index is -0.751. The van der Waals surface area contributed by atoms with Gasteiger partial charge in [-0.2, -0.15) is 0 Å². The molecule has 0 radical (unpaired) electrons. The van der Waals surface area contributed by atoms with Gasteiger partial charge in [-0.3, -0.25) is 4.79 Å². The average Bonchev–Trinajstić information content (AvgIpc) is 1.87. The lowest BCUT2D eigenvalue weighted by Crippen LogP contribution is -2.28. The van der Waals surface area contributed by atoms with Crippen molar-refractivity contribution >= 4 is 5.97 Å². The topological polar surface area (TPSA) is 52.3 Å². The van der Waals surface area contributed by atoms with E-state index in [1.807, 2.05) is 6.92 Å². The molecule has 0 fully saturated rings. The van der Waals surface area contributed by atoms with Gasteiger partial charge in [-0.05, 0) is 13.3 Å². The molecule has 0 saturated heterocycles. The van der Waals surface area contributed by atoms with Crippen LogP contribution in [0, 0.1) is 0 Å². The predicted octanol–water partition coefficient (Wildman–Crippen LogP) is 0.677. The first kappa shape index (κ1) is 7.54. The Morgan fingerprint density at radius 2 is 2.50 bits per heavy atom. The Morgan fingerprint density at radius 3 is 2.90 bits per heavy atom. The molecular formula is C7H15NO2. The van der Waals surface area contributed by atoms with Gasteiger partial charge in [-0.25, -0.2) is 0 Å². The van der Waals surface area contributed by atoms with Gasteiger partial charge in [0, 0.05) is 0 Å². The lowest BCUT2D eigenvalue weighted by molar-refractivity contribution is -0.144. The number of nitrogens with two attached hydrogens (primary N) is 1. The maximum atomic E-state index is 10.8. The average molecular weight is 146 g/mol. The molecule has 0 aromatic heterocycles. The van der Waals surface area contributed by atoms with Crippen LogP contribution in [0.15, 0.2) is 0 Å². The van der Waals surface area contributed by atoms with E-state index in [2.05, 4.69) is 4.74 Å². The zero-order valence-corrected chi connectivity index (χ0v) is 6.46. The smallest absolute Gasteiger partial charge is 0.322 e. The zero-order valence-electron chi connectivity index (χ0n) is 7.46. The van der Waals surface area contributed by atoms with E-state index in [0.29, 0.717) is 6.42 Å². The molecule has 2 N–H and O–H groups in total. The van der Waals surface area contributed by atoms with Crippen LogP contribution in [0.5, 0.6) is 0 Å². The van der Waals surface area contributed by atoms with Crippen LogP contribution >= 0.6 is 0 Å². The minimum Gasteiger partial charge on any atom is -0.465 e. The molecule has 3 heteroatoms. The van der Waals surface area contributed by atoms with Gasteiger partial charge >= 0.3 is 5.97 Å². The van der Waals surface area contributed by atoms with Crippen LogP contribution in [0.25, 0.3) is 0 Å². The normalized spacial score (nSPS) is 17.3. The molecular weight excluding hydrogens is 130 g/mol. The van der Waals surface area contributed by atoms with Gasteiger partial charge in [-0.15, -0.1) is 0 Å². The third-order valence-corrected chi connectivity index (χ3v) is 0.978. The number of carbonyl (C=O) groups is 1. The predicted molar refractivity (Wildman–Crippen MR) is 39.5 cm³/mol. The van der Waals surface area contributed by atoms with Crippen molar-refractivity contribution in [1.82, 2.24) is 0 Å². The molecule has 0 amide bonds. The van der Waals surface area contributed by atoms with E-state index < -0.39 is 18.6 Å². The minimum absolute atomic E-state index is 0.501. The van der Waals surface area contributed by atoms with Crippen LogP contribution in [0.4, 0.5) is 0 Å². The standard InChI is InChI=1S/C7H15NO2/c1-3-4-5-10-7(9)6(2)8/h6H,3-5,8H2,1-2H3/t6-/m0/s1/i5D/t5?,6-. The van der Waals surface area contributed by atoms with Gasteiger partial charge in [0.25, 0.3) is 0 Å².